The second-order valence-corrected chi connectivity index (χ2v) is 9.23. The van der Waals surface area contributed by atoms with Crippen LogP contribution in [-0.4, -0.2) is 18.0 Å². The van der Waals surface area contributed by atoms with E-state index in [1.807, 2.05) is 0 Å². The number of aliphatic imine (C=N–C) groups is 1. The van der Waals surface area contributed by atoms with Gasteiger partial charge in [0.25, 0.3) is 0 Å². The highest BCUT2D eigenvalue weighted by molar-refractivity contribution is 7.76. The van der Waals surface area contributed by atoms with Crippen LogP contribution in [0.4, 0.5) is 0 Å². The molecule has 0 saturated carbocycles. The van der Waals surface area contributed by atoms with Crippen LogP contribution in [0.25, 0.3) is 0 Å². The van der Waals surface area contributed by atoms with E-state index in [1.165, 1.54) is 15.9 Å². The Morgan fingerprint density at radius 2 is 1.56 bits per heavy atom. The molecule has 1 aliphatic heterocycles. The Morgan fingerprint density at radius 3 is 2.08 bits per heavy atom. The van der Waals surface area contributed by atoms with Crippen molar-refractivity contribution < 1.29 is 4.74 Å². The Hall–Kier alpha value is -2.18. The molecule has 1 aliphatic carbocycles. The molecule has 4 rings (SSSR count). The van der Waals surface area contributed by atoms with Crippen molar-refractivity contribution in [3.8, 4) is 0 Å². The Balaban J connectivity index is 1.75. The predicted molar refractivity (Wildman–Crippen MR) is 107 cm³/mol. The van der Waals surface area contributed by atoms with E-state index in [9.17, 15) is 0 Å². The molecule has 2 aromatic carbocycles. The fraction of sp³-hybridized carbons (Fsp3) is 0.227. The second-order valence-electron chi connectivity index (χ2n) is 7.01. The van der Waals surface area contributed by atoms with Crippen molar-refractivity contribution in [3.05, 3.63) is 84.2 Å². The molecule has 0 N–H and O–H groups in total. The quantitative estimate of drug-likeness (QED) is 0.752. The monoisotopic (exact) mass is 347 g/mol. The van der Waals surface area contributed by atoms with Crippen LogP contribution in [0.2, 0.25) is 0 Å². The summed E-state index contributed by atoms with van der Waals surface area (Å²) >= 11 is 0. The van der Waals surface area contributed by atoms with Gasteiger partial charge in [-0.3, -0.25) is 0 Å². The van der Waals surface area contributed by atoms with Gasteiger partial charge in [0.15, 0.2) is 5.90 Å². The van der Waals surface area contributed by atoms with Crippen LogP contribution < -0.4 is 10.6 Å². The molecule has 25 heavy (non-hydrogen) atoms. The van der Waals surface area contributed by atoms with Crippen LogP contribution >= 0.6 is 7.92 Å². The molecule has 2 aromatic rings. The lowest BCUT2D eigenvalue weighted by atomic mass is 10.1. The van der Waals surface area contributed by atoms with Crippen molar-refractivity contribution in [1.82, 2.24) is 0 Å². The lowest BCUT2D eigenvalue weighted by molar-refractivity contribution is 0.272. The molecule has 0 spiro atoms. The first-order chi connectivity index (χ1) is 12.1. The first-order valence-corrected chi connectivity index (χ1v) is 9.99. The molecule has 3 heteroatoms. The third-order valence-corrected chi connectivity index (χ3v) is 7.00. The minimum absolute atomic E-state index is 0.126. The fourth-order valence-electron chi connectivity index (χ4n) is 3.26. The summed E-state index contributed by atoms with van der Waals surface area (Å²) in [6, 6.07) is 21.6. The summed E-state index contributed by atoms with van der Waals surface area (Å²) in [5.41, 5.74) is -0.126. The van der Waals surface area contributed by atoms with E-state index in [1.54, 1.807) is 0 Å². The maximum Gasteiger partial charge on any atom is 0.195 e. The topological polar surface area (TPSA) is 21.6 Å². The van der Waals surface area contributed by atoms with Crippen molar-refractivity contribution >= 4 is 24.4 Å². The van der Waals surface area contributed by atoms with Crippen LogP contribution in [0.15, 0.2) is 89.2 Å². The smallest absolute Gasteiger partial charge is 0.195 e. The molecule has 0 aromatic heterocycles. The van der Waals surface area contributed by atoms with Gasteiger partial charge in [0, 0.05) is 0 Å². The number of ether oxygens (including phenoxy) is 1. The van der Waals surface area contributed by atoms with Crippen molar-refractivity contribution in [2.45, 2.75) is 19.4 Å². The van der Waals surface area contributed by atoms with Gasteiger partial charge < -0.3 is 4.74 Å². The van der Waals surface area contributed by atoms with Crippen molar-refractivity contribution in [1.29, 1.82) is 0 Å². The van der Waals surface area contributed by atoms with Gasteiger partial charge in [0.1, 0.15) is 6.61 Å². The van der Waals surface area contributed by atoms with Gasteiger partial charge in [-0.25, -0.2) is 4.99 Å². The Kier molecular flexibility index (Phi) is 4.31. The molecule has 0 bridgehead atoms. The van der Waals surface area contributed by atoms with Crippen molar-refractivity contribution in [2.75, 3.05) is 6.61 Å². The lowest BCUT2D eigenvalue weighted by Crippen LogP contribution is -2.20. The third-order valence-electron chi connectivity index (χ3n) is 4.43. The molecule has 1 heterocycles. The van der Waals surface area contributed by atoms with E-state index >= 15 is 0 Å². The standard InChI is InChI=1S/C22H22NOP/c1-22(2)16-24-21(23-22)19-14-9-15-20(19)25(17-10-5-3-6-11-17)18-12-7-4-8-13-18/h3-15,19H,16H2,1-2H3. The molecule has 2 aliphatic rings. The van der Waals surface area contributed by atoms with E-state index < -0.39 is 7.92 Å². The zero-order valence-electron chi connectivity index (χ0n) is 14.6. The van der Waals surface area contributed by atoms with Gasteiger partial charge in [0.05, 0.1) is 11.5 Å². The van der Waals surface area contributed by atoms with Crippen LogP contribution in [-0.2, 0) is 4.74 Å². The lowest BCUT2D eigenvalue weighted by Gasteiger charge is -2.24. The van der Waals surface area contributed by atoms with Gasteiger partial charge in [0.2, 0.25) is 0 Å². The second kappa shape index (κ2) is 6.61. The van der Waals surface area contributed by atoms with Crippen molar-refractivity contribution in [2.24, 2.45) is 10.9 Å². The normalized spacial score (nSPS) is 21.2. The SMILES string of the molecule is CC1(C)COC(C2C=CC=C2P(c2ccccc2)c2ccccc2)=N1. The van der Waals surface area contributed by atoms with E-state index in [0.29, 0.717) is 6.61 Å². The number of hydrogen-bond donors (Lipinski definition) is 0. The Morgan fingerprint density at radius 1 is 0.960 bits per heavy atom. The van der Waals surface area contributed by atoms with Crippen LogP contribution in [0.1, 0.15) is 13.8 Å². The van der Waals surface area contributed by atoms with Gasteiger partial charge in [-0.2, -0.15) is 0 Å². The summed E-state index contributed by atoms with van der Waals surface area (Å²) in [6.45, 7) is 4.91. The minimum atomic E-state index is -0.600. The van der Waals surface area contributed by atoms with E-state index in [2.05, 4.69) is 92.7 Å². The fourth-order valence-corrected chi connectivity index (χ4v) is 5.81. The zero-order chi connectivity index (χ0) is 17.3. The maximum absolute atomic E-state index is 5.97. The van der Waals surface area contributed by atoms with Crippen LogP contribution in [0.5, 0.6) is 0 Å². The third kappa shape index (κ3) is 3.32. The highest BCUT2D eigenvalue weighted by atomic mass is 31.1. The van der Waals surface area contributed by atoms with Crippen molar-refractivity contribution in [3.63, 3.8) is 0 Å². The number of hydrogen-bond acceptors (Lipinski definition) is 2. The maximum atomic E-state index is 5.97. The molecule has 0 saturated heterocycles. The number of allylic oxidation sites excluding steroid dienone is 2. The summed E-state index contributed by atoms with van der Waals surface area (Å²) in [5, 5.41) is 4.12. The highest BCUT2D eigenvalue weighted by Gasteiger charge is 2.35. The van der Waals surface area contributed by atoms with Gasteiger partial charge in [-0.05, 0) is 37.7 Å². The average Bonchev–Trinajstić information content (AvgIpc) is 3.23. The summed E-state index contributed by atoms with van der Waals surface area (Å²) in [6.07, 6.45) is 6.63. The molecule has 1 atom stereocenters. The highest BCUT2D eigenvalue weighted by Crippen LogP contribution is 2.50. The summed E-state index contributed by atoms with van der Waals surface area (Å²) < 4.78 is 5.97. The summed E-state index contributed by atoms with van der Waals surface area (Å²) in [5.74, 6) is 1.01. The van der Waals surface area contributed by atoms with E-state index in [-0.39, 0.29) is 11.5 Å². The minimum Gasteiger partial charge on any atom is -0.478 e. The first kappa shape index (κ1) is 16.3. The first-order valence-electron chi connectivity index (χ1n) is 8.65. The molecule has 0 amide bonds. The number of nitrogens with zero attached hydrogens (tertiary/aromatic N) is 1. The molecule has 1 unspecified atom stereocenters. The largest absolute Gasteiger partial charge is 0.478 e. The number of rotatable bonds is 4. The number of benzene rings is 2. The summed E-state index contributed by atoms with van der Waals surface area (Å²) in [7, 11) is -0.600. The summed E-state index contributed by atoms with van der Waals surface area (Å²) in [4.78, 5) is 4.84. The predicted octanol–water partition coefficient (Wildman–Crippen LogP) is 4.40. The molecule has 2 nitrogen and oxygen atoms in total. The average molecular weight is 347 g/mol. The van der Waals surface area contributed by atoms with Gasteiger partial charge >= 0.3 is 0 Å². The molecular weight excluding hydrogens is 325 g/mol. The molecule has 0 radical (unpaired) electrons. The Bertz CT molecular complexity index is 797. The van der Waals surface area contributed by atoms with Gasteiger partial charge in [-0.1, -0.05) is 78.9 Å². The zero-order valence-corrected chi connectivity index (χ0v) is 15.5. The van der Waals surface area contributed by atoms with Crippen LogP contribution in [0, 0.1) is 5.92 Å². The Labute approximate surface area is 150 Å². The molecule has 0 fully saturated rings. The van der Waals surface area contributed by atoms with Crippen LogP contribution in [0.3, 0.4) is 0 Å². The van der Waals surface area contributed by atoms with Gasteiger partial charge in [-0.15, -0.1) is 0 Å². The molecule has 126 valence electrons. The van der Waals surface area contributed by atoms with E-state index in [4.69, 9.17) is 9.73 Å². The molecular formula is C22H22NOP. The van der Waals surface area contributed by atoms with E-state index in [0.717, 1.165) is 5.90 Å².